The first-order valence-corrected chi connectivity index (χ1v) is 7.86. The van der Waals surface area contributed by atoms with E-state index in [1.165, 1.54) is 10.8 Å². The molecule has 0 radical (unpaired) electrons. The summed E-state index contributed by atoms with van der Waals surface area (Å²) in [6.07, 6.45) is 1.47. The predicted molar refractivity (Wildman–Crippen MR) is 93.8 cm³/mol. The third-order valence-corrected chi connectivity index (χ3v) is 4.26. The van der Waals surface area contributed by atoms with Crippen molar-refractivity contribution < 1.29 is 9.63 Å². The molecule has 0 spiro atoms. The van der Waals surface area contributed by atoms with Crippen LogP contribution in [0.3, 0.4) is 0 Å². The van der Waals surface area contributed by atoms with Crippen LogP contribution in [0, 0.1) is 6.92 Å². The third kappa shape index (κ3) is 2.45. The largest absolute Gasteiger partial charge is 0.379 e. The summed E-state index contributed by atoms with van der Waals surface area (Å²) in [5, 5.41) is 14.9. The van der Waals surface area contributed by atoms with E-state index in [1.54, 1.807) is 44.2 Å². The Kier molecular flexibility index (Phi) is 3.41. The molecule has 0 aliphatic heterocycles. The molecule has 0 aliphatic carbocycles. The number of aromatic amines is 1. The van der Waals surface area contributed by atoms with Crippen molar-refractivity contribution in [1.82, 2.24) is 24.7 Å². The van der Waals surface area contributed by atoms with E-state index in [9.17, 15) is 9.90 Å². The number of nitrogens with zero attached hydrogens (tertiary/aromatic N) is 4. The van der Waals surface area contributed by atoms with Gasteiger partial charge in [-0.3, -0.25) is 0 Å². The fourth-order valence-electron chi connectivity index (χ4n) is 2.87. The predicted octanol–water partition coefficient (Wildman–Crippen LogP) is 1.24. The number of aryl methyl sites for hydroxylation is 1. The van der Waals surface area contributed by atoms with Gasteiger partial charge in [0.05, 0.1) is 11.0 Å². The van der Waals surface area contributed by atoms with E-state index in [2.05, 4.69) is 20.1 Å². The molecule has 4 aromatic rings. The molecule has 9 heteroatoms. The lowest BCUT2D eigenvalue weighted by Gasteiger charge is -2.21. The monoisotopic (exact) mass is 352 g/mol. The minimum Gasteiger partial charge on any atom is -0.379 e. The summed E-state index contributed by atoms with van der Waals surface area (Å²) >= 11 is 0. The zero-order valence-electron chi connectivity index (χ0n) is 14.1. The molecular formula is C17H16N6O3. The van der Waals surface area contributed by atoms with E-state index in [0.717, 1.165) is 0 Å². The molecule has 0 unspecified atom stereocenters. The van der Waals surface area contributed by atoms with E-state index >= 15 is 0 Å². The number of aliphatic hydroxyl groups is 1. The smallest absolute Gasteiger partial charge is 0.332 e. The summed E-state index contributed by atoms with van der Waals surface area (Å²) in [4.78, 5) is 23.1. The van der Waals surface area contributed by atoms with E-state index in [-0.39, 0.29) is 11.6 Å². The van der Waals surface area contributed by atoms with E-state index in [1.807, 2.05) is 0 Å². The number of nitrogens with one attached hydrogen (secondary N) is 1. The number of imidazole rings is 1. The van der Waals surface area contributed by atoms with Gasteiger partial charge in [0.2, 0.25) is 5.95 Å². The number of hydrogen-bond acceptors (Lipinski definition) is 7. The molecule has 3 heterocycles. The minimum atomic E-state index is -1.39. The first-order chi connectivity index (χ1) is 12.4. The van der Waals surface area contributed by atoms with Crippen LogP contribution >= 0.6 is 0 Å². The van der Waals surface area contributed by atoms with Gasteiger partial charge in [-0.25, -0.2) is 14.3 Å². The number of hydrogen-bond donors (Lipinski definition) is 3. The van der Waals surface area contributed by atoms with Crippen LogP contribution in [0.2, 0.25) is 0 Å². The van der Waals surface area contributed by atoms with Crippen molar-refractivity contribution in [2.75, 3.05) is 5.73 Å². The number of H-pyrrole nitrogens is 1. The highest BCUT2D eigenvalue weighted by Crippen LogP contribution is 2.30. The van der Waals surface area contributed by atoms with Crippen LogP contribution in [-0.4, -0.2) is 29.8 Å². The van der Waals surface area contributed by atoms with Crippen LogP contribution < -0.4 is 11.4 Å². The molecule has 0 aliphatic rings. The molecule has 1 aromatic carbocycles. The third-order valence-electron chi connectivity index (χ3n) is 4.26. The zero-order chi connectivity index (χ0) is 18.5. The molecule has 0 fully saturated rings. The second kappa shape index (κ2) is 5.53. The molecule has 0 saturated carbocycles. The number of benzene rings is 1. The summed E-state index contributed by atoms with van der Waals surface area (Å²) in [6, 6.07) is 8.39. The maximum absolute atomic E-state index is 12.4. The van der Waals surface area contributed by atoms with Crippen molar-refractivity contribution >= 4 is 17.0 Å². The molecule has 132 valence electrons. The maximum atomic E-state index is 12.4. The lowest BCUT2D eigenvalue weighted by Crippen LogP contribution is -2.23. The van der Waals surface area contributed by atoms with E-state index < -0.39 is 5.60 Å². The average Bonchev–Trinajstić information content (AvgIpc) is 3.17. The second-order valence-electron chi connectivity index (χ2n) is 6.17. The molecule has 0 amide bonds. The topological polar surface area (TPSA) is 136 Å². The second-order valence-corrected chi connectivity index (χ2v) is 6.17. The molecule has 9 nitrogen and oxygen atoms in total. The molecule has 0 saturated heterocycles. The first-order valence-electron chi connectivity index (χ1n) is 7.86. The number of fused-ring (bicyclic) bond motifs is 1. The molecule has 4 rings (SSSR count). The Balaban J connectivity index is 1.92. The van der Waals surface area contributed by atoms with Crippen molar-refractivity contribution in [3.8, 4) is 5.82 Å². The Morgan fingerprint density at radius 2 is 2.12 bits per heavy atom. The van der Waals surface area contributed by atoms with Gasteiger partial charge < -0.3 is 20.3 Å². The minimum absolute atomic E-state index is 0.0602. The Morgan fingerprint density at radius 1 is 1.31 bits per heavy atom. The van der Waals surface area contributed by atoms with Crippen molar-refractivity contribution in [3.05, 3.63) is 64.0 Å². The van der Waals surface area contributed by atoms with Crippen LogP contribution in [0.25, 0.3) is 16.9 Å². The van der Waals surface area contributed by atoms with Gasteiger partial charge in [-0.2, -0.15) is 4.98 Å². The number of aromatic nitrogens is 5. The summed E-state index contributed by atoms with van der Waals surface area (Å²) in [5.74, 6) is 0.990. The van der Waals surface area contributed by atoms with Gasteiger partial charge in [-0.05, 0) is 31.5 Å². The molecule has 3 aromatic heterocycles. The number of anilines is 1. The fourth-order valence-corrected chi connectivity index (χ4v) is 2.87. The number of rotatable bonds is 3. The lowest BCUT2D eigenvalue weighted by molar-refractivity contribution is 0.0933. The molecule has 1 atom stereocenters. The van der Waals surface area contributed by atoms with E-state index in [4.69, 9.17) is 10.3 Å². The molecule has 4 N–H and O–H groups in total. The van der Waals surface area contributed by atoms with Crippen molar-refractivity contribution in [3.63, 3.8) is 0 Å². The highest BCUT2D eigenvalue weighted by molar-refractivity contribution is 5.78. The average molecular weight is 352 g/mol. The quantitative estimate of drug-likeness (QED) is 0.504. The maximum Gasteiger partial charge on any atom is 0.332 e. The van der Waals surface area contributed by atoms with Gasteiger partial charge in [0.25, 0.3) is 0 Å². The van der Waals surface area contributed by atoms with Crippen molar-refractivity contribution in [1.29, 1.82) is 0 Å². The van der Waals surface area contributed by atoms with Crippen LogP contribution in [0.15, 0.2) is 45.8 Å². The zero-order valence-corrected chi connectivity index (χ0v) is 14.1. The van der Waals surface area contributed by atoms with Crippen LogP contribution in [-0.2, 0) is 5.60 Å². The summed E-state index contributed by atoms with van der Waals surface area (Å²) in [6.45, 7) is 3.36. The molecule has 26 heavy (non-hydrogen) atoms. The summed E-state index contributed by atoms with van der Waals surface area (Å²) in [7, 11) is 0. The Bertz CT molecular complexity index is 1170. The van der Waals surface area contributed by atoms with Gasteiger partial charge >= 0.3 is 5.69 Å². The highest BCUT2D eigenvalue weighted by atomic mass is 16.5. The van der Waals surface area contributed by atoms with E-state index in [0.29, 0.717) is 33.9 Å². The van der Waals surface area contributed by atoms with Gasteiger partial charge in [0.15, 0.2) is 0 Å². The molecular weight excluding hydrogens is 336 g/mol. The standard InChI is InChI=1S/C17H16N6O3/c1-9-7-13(22-26-9)17(2,25)10-3-4-11-12(8-10)23(16(24)20-11)14-5-6-19-15(18)21-14/h3-8,25H,1-2H3,(H,20,24)(H2,18,19,21)/t17-/m1/s1. The van der Waals surface area contributed by atoms with Gasteiger partial charge in [-0.1, -0.05) is 11.2 Å². The first kappa shape index (κ1) is 16.0. The van der Waals surface area contributed by atoms with Crippen molar-refractivity contribution in [2.24, 2.45) is 0 Å². The van der Waals surface area contributed by atoms with Gasteiger partial charge in [0, 0.05) is 18.3 Å². The number of nitrogens with two attached hydrogens (primary N) is 1. The normalized spacial score (nSPS) is 13.8. The summed E-state index contributed by atoms with van der Waals surface area (Å²) in [5.41, 5.74) is 5.94. The molecule has 0 bridgehead atoms. The SMILES string of the molecule is Cc1cc([C@](C)(O)c2ccc3[nH]c(=O)n(-c4ccnc(N)n4)c3c2)no1. The Morgan fingerprint density at radius 3 is 2.81 bits per heavy atom. The van der Waals surface area contributed by atoms with Crippen LogP contribution in [0.4, 0.5) is 5.95 Å². The van der Waals surface area contributed by atoms with Gasteiger partial charge in [-0.15, -0.1) is 0 Å². The summed E-state index contributed by atoms with van der Waals surface area (Å²) < 4.78 is 6.44. The highest BCUT2D eigenvalue weighted by Gasteiger charge is 2.30. The van der Waals surface area contributed by atoms with Crippen molar-refractivity contribution in [2.45, 2.75) is 19.4 Å². The Hall–Kier alpha value is -3.46. The van der Waals surface area contributed by atoms with Crippen LogP contribution in [0.5, 0.6) is 0 Å². The Labute approximate surface area is 147 Å². The van der Waals surface area contributed by atoms with Gasteiger partial charge in [0.1, 0.15) is 22.9 Å². The fraction of sp³-hybridized carbons (Fsp3) is 0.176. The number of nitrogen functional groups attached to an aromatic ring is 1. The van der Waals surface area contributed by atoms with Crippen LogP contribution in [0.1, 0.15) is 23.9 Å². The lowest BCUT2D eigenvalue weighted by atomic mass is 9.92.